The Balaban J connectivity index is 0.978. The Kier molecular flexibility index (Phi) is 21.3. The van der Waals surface area contributed by atoms with Crippen molar-refractivity contribution in [1.82, 2.24) is 0 Å². The number of hydrogen-bond donors (Lipinski definition) is 1. The zero-order valence-corrected chi connectivity index (χ0v) is 35.2. The van der Waals surface area contributed by atoms with Crippen LogP contribution in [0.15, 0.2) is 11.6 Å². The van der Waals surface area contributed by atoms with Gasteiger partial charge in [0.2, 0.25) is 0 Å². The van der Waals surface area contributed by atoms with E-state index in [4.69, 9.17) is 47.7 Å². The SMILES string of the molecule is CC(C)CCC[C@@H](C)[C@H]1CC[C@H]2[C@@H]3CC=C4C[C@@H](OC(=O)OCCOCCOCCOCCOCCOCCOCCOCCO)CC[C@]4(C)[C@H]3CC[C@]12C. The van der Waals surface area contributed by atoms with Crippen molar-refractivity contribution < 1.29 is 52.5 Å². The third-order valence-electron chi connectivity index (χ3n) is 13.4. The topological polar surface area (TPSA) is 120 Å². The van der Waals surface area contributed by atoms with Gasteiger partial charge in [-0.25, -0.2) is 4.79 Å². The van der Waals surface area contributed by atoms with Crippen LogP contribution in [-0.2, 0) is 42.6 Å². The van der Waals surface area contributed by atoms with Gasteiger partial charge in [-0.2, -0.15) is 0 Å². The van der Waals surface area contributed by atoms with Crippen molar-refractivity contribution in [1.29, 1.82) is 0 Å². The van der Waals surface area contributed by atoms with Gasteiger partial charge >= 0.3 is 6.16 Å². The fourth-order valence-corrected chi connectivity index (χ4v) is 10.6. The lowest BCUT2D eigenvalue weighted by Gasteiger charge is -2.58. The van der Waals surface area contributed by atoms with E-state index in [1.807, 2.05) is 0 Å². The highest BCUT2D eigenvalue weighted by Gasteiger charge is 2.59. The standard InChI is InChI=1S/C44H78O11/c1-34(2)7-6-8-35(3)39-11-12-40-38-10-9-36-33-37(13-15-43(36,4)41(38)14-16-44(39,40)5)55-42(46)54-32-31-53-30-29-52-28-27-51-26-25-50-24-23-49-22-21-48-20-19-47-18-17-45/h9,34-35,37-41,45H,6-8,10-33H2,1-5H3/t35-,37+,38+,39-,40+,41+,43+,44-/m1/s1. The van der Waals surface area contributed by atoms with E-state index in [0.29, 0.717) is 97.9 Å². The normalized spacial score (nSPS) is 29.4. The first kappa shape index (κ1) is 46.4. The minimum Gasteiger partial charge on any atom is -0.432 e. The van der Waals surface area contributed by atoms with Crippen molar-refractivity contribution in [2.45, 2.75) is 111 Å². The first-order chi connectivity index (χ1) is 26.7. The molecule has 320 valence electrons. The fourth-order valence-electron chi connectivity index (χ4n) is 10.6. The number of aliphatic hydroxyl groups excluding tert-OH is 1. The van der Waals surface area contributed by atoms with E-state index < -0.39 is 6.16 Å². The second kappa shape index (κ2) is 25.2. The molecule has 4 rings (SSSR count). The monoisotopic (exact) mass is 783 g/mol. The Morgan fingerprint density at radius 3 is 1.78 bits per heavy atom. The highest BCUT2D eigenvalue weighted by Crippen LogP contribution is 2.67. The molecule has 0 heterocycles. The van der Waals surface area contributed by atoms with Crippen molar-refractivity contribution in [2.24, 2.45) is 46.3 Å². The summed E-state index contributed by atoms with van der Waals surface area (Å²) in [5, 5.41) is 8.62. The van der Waals surface area contributed by atoms with Gasteiger partial charge in [-0.1, -0.05) is 65.5 Å². The Morgan fingerprint density at radius 2 is 1.24 bits per heavy atom. The molecule has 0 unspecified atom stereocenters. The summed E-state index contributed by atoms with van der Waals surface area (Å²) in [6, 6.07) is 0. The molecule has 8 atom stereocenters. The van der Waals surface area contributed by atoms with Crippen LogP contribution in [-0.4, -0.2) is 123 Å². The van der Waals surface area contributed by atoms with Crippen molar-refractivity contribution in [2.75, 3.05) is 106 Å². The van der Waals surface area contributed by atoms with Gasteiger partial charge in [-0.3, -0.25) is 0 Å². The number of hydrogen-bond acceptors (Lipinski definition) is 11. The van der Waals surface area contributed by atoms with Crippen LogP contribution in [0.25, 0.3) is 0 Å². The highest BCUT2D eigenvalue weighted by molar-refractivity contribution is 5.60. The van der Waals surface area contributed by atoms with Crippen LogP contribution < -0.4 is 0 Å². The number of rotatable bonds is 29. The lowest BCUT2D eigenvalue weighted by molar-refractivity contribution is -0.0628. The van der Waals surface area contributed by atoms with Gasteiger partial charge < -0.3 is 47.7 Å². The minimum absolute atomic E-state index is 0.0231. The molecule has 4 aliphatic rings. The van der Waals surface area contributed by atoms with Crippen molar-refractivity contribution >= 4 is 6.16 Å². The molecule has 0 bridgehead atoms. The average Bonchev–Trinajstić information content (AvgIpc) is 3.52. The molecule has 3 saturated carbocycles. The van der Waals surface area contributed by atoms with Gasteiger partial charge in [-0.05, 0) is 91.3 Å². The summed E-state index contributed by atoms with van der Waals surface area (Å²) >= 11 is 0. The first-order valence-corrected chi connectivity index (χ1v) is 21.9. The molecule has 4 aliphatic carbocycles. The Hall–Kier alpha value is -1.31. The molecular weight excluding hydrogens is 704 g/mol. The van der Waals surface area contributed by atoms with E-state index in [9.17, 15) is 4.79 Å². The van der Waals surface area contributed by atoms with E-state index >= 15 is 0 Å². The van der Waals surface area contributed by atoms with Crippen LogP contribution in [0, 0.1) is 46.3 Å². The average molecular weight is 783 g/mol. The first-order valence-electron chi connectivity index (χ1n) is 21.9. The lowest BCUT2D eigenvalue weighted by atomic mass is 9.47. The molecule has 0 amide bonds. The number of carbonyl (C=O) groups is 1. The smallest absolute Gasteiger partial charge is 0.432 e. The summed E-state index contributed by atoms with van der Waals surface area (Å²) in [5.41, 5.74) is 2.26. The zero-order valence-electron chi connectivity index (χ0n) is 35.2. The summed E-state index contributed by atoms with van der Waals surface area (Å²) < 4.78 is 49.2. The van der Waals surface area contributed by atoms with Crippen LogP contribution in [0.2, 0.25) is 0 Å². The second-order valence-electron chi connectivity index (χ2n) is 17.4. The van der Waals surface area contributed by atoms with Gasteiger partial charge in [0, 0.05) is 6.42 Å². The predicted octanol–water partition coefficient (Wildman–Crippen LogP) is 7.66. The molecule has 3 fully saturated rings. The molecule has 0 aliphatic heterocycles. The third-order valence-corrected chi connectivity index (χ3v) is 13.4. The van der Waals surface area contributed by atoms with Gasteiger partial charge in [0.15, 0.2) is 0 Å². The van der Waals surface area contributed by atoms with Crippen molar-refractivity contribution in [3.8, 4) is 0 Å². The number of allylic oxidation sites excluding steroid dienone is 1. The predicted molar refractivity (Wildman–Crippen MR) is 212 cm³/mol. The van der Waals surface area contributed by atoms with Crippen LogP contribution in [0.5, 0.6) is 0 Å². The quantitative estimate of drug-likeness (QED) is 0.0458. The minimum atomic E-state index is -0.591. The molecule has 11 heteroatoms. The van der Waals surface area contributed by atoms with E-state index in [1.165, 1.54) is 56.9 Å². The van der Waals surface area contributed by atoms with Gasteiger partial charge in [0.05, 0.1) is 99.1 Å². The number of fused-ring (bicyclic) bond motifs is 5. The molecule has 55 heavy (non-hydrogen) atoms. The van der Waals surface area contributed by atoms with E-state index in [1.54, 1.807) is 0 Å². The van der Waals surface area contributed by atoms with Crippen LogP contribution in [0.4, 0.5) is 4.79 Å². The molecule has 1 N–H and O–H groups in total. The van der Waals surface area contributed by atoms with E-state index in [2.05, 4.69) is 40.7 Å². The van der Waals surface area contributed by atoms with Gasteiger partial charge in [-0.15, -0.1) is 0 Å². The Morgan fingerprint density at radius 1 is 0.691 bits per heavy atom. The molecule has 0 aromatic carbocycles. The largest absolute Gasteiger partial charge is 0.508 e. The molecule has 0 aromatic rings. The van der Waals surface area contributed by atoms with Gasteiger partial charge in [0.25, 0.3) is 0 Å². The molecule has 11 nitrogen and oxygen atoms in total. The van der Waals surface area contributed by atoms with Gasteiger partial charge in [0.1, 0.15) is 12.7 Å². The maximum atomic E-state index is 12.6. The van der Waals surface area contributed by atoms with Crippen molar-refractivity contribution in [3.05, 3.63) is 11.6 Å². The fraction of sp³-hybridized carbons (Fsp3) is 0.932. The molecule has 0 spiro atoms. The number of aliphatic hydroxyl groups is 1. The van der Waals surface area contributed by atoms with E-state index in [-0.39, 0.29) is 24.7 Å². The highest BCUT2D eigenvalue weighted by atomic mass is 16.7. The Bertz CT molecular complexity index is 1090. The third kappa shape index (κ3) is 14.8. The molecule has 0 aromatic heterocycles. The number of ether oxygens (including phenoxy) is 9. The van der Waals surface area contributed by atoms with Crippen LogP contribution in [0.1, 0.15) is 105 Å². The summed E-state index contributed by atoms with van der Waals surface area (Å²) in [6.45, 7) is 19.0. The summed E-state index contributed by atoms with van der Waals surface area (Å²) in [7, 11) is 0. The summed E-state index contributed by atoms with van der Waals surface area (Å²) in [5.74, 6) is 4.94. The maximum absolute atomic E-state index is 12.6. The lowest BCUT2D eigenvalue weighted by Crippen LogP contribution is -2.51. The molecule has 0 saturated heterocycles. The molecule has 0 radical (unpaired) electrons. The van der Waals surface area contributed by atoms with E-state index in [0.717, 1.165) is 54.8 Å². The van der Waals surface area contributed by atoms with Crippen molar-refractivity contribution in [3.63, 3.8) is 0 Å². The summed E-state index contributed by atoms with van der Waals surface area (Å²) in [4.78, 5) is 12.6. The van der Waals surface area contributed by atoms with Crippen LogP contribution >= 0.6 is 0 Å². The zero-order chi connectivity index (χ0) is 39.4. The maximum Gasteiger partial charge on any atom is 0.508 e. The van der Waals surface area contributed by atoms with Crippen LogP contribution in [0.3, 0.4) is 0 Å². The number of carbonyl (C=O) groups excluding carboxylic acids is 1. The molecular formula is C44H78O11. The summed E-state index contributed by atoms with van der Waals surface area (Å²) in [6.07, 6.45) is 15.6. The second-order valence-corrected chi connectivity index (χ2v) is 17.4. The Labute approximate surface area is 333 Å².